The lowest BCUT2D eigenvalue weighted by atomic mass is 10.1. The average Bonchev–Trinajstić information content (AvgIpc) is 3.49. The highest BCUT2D eigenvalue weighted by atomic mass is 32.2. The average molecular weight is 534 g/mol. The van der Waals surface area contributed by atoms with Gasteiger partial charge in [-0.2, -0.15) is 15.5 Å². The summed E-state index contributed by atoms with van der Waals surface area (Å²) < 4.78 is 19.8. The summed E-state index contributed by atoms with van der Waals surface area (Å²) in [7, 11) is -2.10. The van der Waals surface area contributed by atoms with Crippen LogP contribution in [0.5, 0.6) is 0 Å². The Labute approximate surface area is 221 Å². The minimum atomic E-state index is -2.10. The first-order valence-electron chi connectivity index (χ1n) is 12.4. The molecule has 1 N–H and O–H groups in total. The van der Waals surface area contributed by atoms with Gasteiger partial charge in [0.05, 0.1) is 48.2 Å². The van der Waals surface area contributed by atoms with Crippen molar-refractivity contribution < 1.29 is 9.32 Å². The monoisotopic (exact) mass is 533 g/mol. The number of piperidine rings is 1. The molecule has 1 saturated heterocycles. The quantitative estimate of drug-likeness (QED) is 0.399. The molecule has 0 amide bonds. The van der Waals surface area contributed by atoms with Crippen molar-refractivity contribution in [2.45, 2.75) is 44.9 Å². The van der Waals surface area contributed by atoms with E-state index in [1.807, 2.05) is 18.3 Å². The number of nitrogens with zero attached hydrogens (tertiary/aromatic N) is 9. The van der Waals surface area contributed by atoms with Gasteiger partial charge in [-0.25, -0.2) is 18.8 Å². The van der Waals surface area contributed by atoms with Crippen LogP contribution in [0.3, 0.4) is 0 Å². The van der Waals surface area contributed by atoms with Crippen LogP contribution in [0.1, 0.15) is 32.3 Å². The Morgan fingerprint density at radius 1 is 1.13 bits per heavy atom. The van der Waals surface area contributed by atoms with Gasteiger partial charge in [0, 0.05) is 58.9 Å². The second-order valence-corrected chi connectivity index (χ2v) is 13.2. The van der Waals surface area contributed by atoms with Crippen molar-refractivity contribution >= 4 is 21.1 Å². The highest BCUT2D eigenvalue weighted by Crippen LogP contribution is 2.30. The number of nitriles is 1. The molecule has 0 atom stereocenters. The summed E-state index contributed by atoms with van der Waals surface area (Å²) in [5, 5.41) is 28.6. The fraction of sp³-hybridized carbons (Fsp3) is 0.423. The van der Waals surface area contributed by atoms with Gasteiger partial charge in [0.2, 0.25) is 0 Å². The number of hydrogen-bond acceptors (Lipinski definition) is 9. The first kappa shape index (κ1) is 25.8. The molecule has 1 aliphatic rings. The predicted octanol–water partition coefficient (Wildman–Crippen LogP) is 2.99. The van der Waals surface area contributed by atoms with Crippen LogP contribution in [0.2, 0.25) is 0 Å². The maximum absolute atomic E-state index is 12.0. The van der Waals surface area contributed by atoms with E-state index in [4.69, 9.17) is 9.97 Å². The Bertz CT molecular complexity index is 1620. The van der Waals surface area contributed by atoms with Gasteiger partial charge in [-0.15, -0.1) is 0 Å². The van der Waals surface area contributed by atoms with Crippen molar-refractivity contribution in [1.82, 2.24) is 29.4 Å². The molecule has 0 aliphatic carbocycles. The van der Waals surface area contributed by atoms with Crippen molar-refractivity contribution in [3.8, 4) is 28.6 Å². The van der Waals surface area contributed by atoms with Gasteiger partial charge in [0.15, 0.2) is 0 Å². The molecule has 1 aliphatic heterocycles. The normalized spacial score (nSPS) is 15.1. The molecule has 1 fully saturated rings. The lowest BCUT2D eigenvalue weighted by Crippen LogP contribution is -2.36. The van der Waals surface area contributed by atoms with Gasteiger partial charge in [-0.05, 0) is 38.8 Å². The Hall–Kier alpha value is -3.82. The van der Waals surface area contributed by atoms with E-state index in [0.717, 1.165) is 42.9 Å². The molecule has 4 aromatic rings. The molecule has 5 rings (SSSR count). The van der Waals surface area contributed by atoms with Crippen LogP contribution in [0.4, 0.5) is 5.82 Å². The zero-order valence-corrected chi connectivity index (χ0v) is 22.8. The van der Waals surface area contributed by atoms with Crippen LogP contribution in [0, 0.1) is 11.3 Å². The standard InChI is InChI=1S/C26H31N9O2S/c1-26(2,36)17-34-15-20(14-29-34)22-16-35-25(19(11-27)13-30-35)24(31-22)18-5-6-23(28-12-18)33-9-7-21(8-10-33)32-38(3,4)37/h5-6,12-16,21,36H,7-10,17H2,1-4H3. The molecule has 0 aromatic carbocycles. The van der Waals surface area contributed by atoms with Gasteiger partial charge in [-0.1, -0.05) is 0 Å². The summed E-state index contributed by atoms with van der Waals surface area (Å²) in [5.74, 6) is 0.856. The number of aromatic nitrogens is 6. The highest BCUT2D eigenvalue weighted by molar-refractivity contribution is 7.92. The molecule has 5 heterocycles. The van der Waals surface area contributed by atoms with Crippen molar-refractivity contribution in [3.05, 3.63) is 48.7 Å². The topological polar surface area (TPSA) is 138 Å². The lowest BCUT2D eigenvalue weighted by Gasteiger charge is -2.31. The molecule has 0 bridgehead atoms. The van der Waals surface area contributed by atoms with E-state index < -0.39 is 15.3 Å². The van der Waals surface area contributed by atoms with E-state index in [9.17, 15) is 14.6 Å². The Morgan fingerprint density at radius 2 is 1.89 bits per heavy atom. The van der Waals surface area contributed by atoms with Crippen LogP contribution < -0.4 is 4.90 Å². The van der Waals surface area contributed by atoms with Crippen molar-refractivity contribution in [1.29, 1.82) is 5.26 Å². The van der Waals surface area contributed by atoms with E-state index in [1.54, 1.807) is 54.1 Å². The second-order valence-electron chi connectivity index (χ2n) is 10.6. The molecule has 12 heteroatoms. The second kappa shape index (κ2) is 9.81. The van der Waals surface area contributed by atoms with Crippen LogP contribution in [-0.4, -0.2) is 75.9 Å². The molecule has 38 heavy (non-hydrogen) atoms. The lowest BCUT2D eigenvalue weighted by molar-refractivity contribution is 0.0577. The summed E-state index contributed by atoms with van der Waals surface area (Å²) in [4.78, 5) is 11.8. The summed E-state index contributed by atoms with van der Waals surface area (Å²) in [6, 6.07) is 6.25. The van der Waals surface area contributed by atoms with E-state index in [2.05, 4.69) is 25.5 Å². The molecule has 11 nitrogen and oxygen atoms in total. The summed E-state index contributed by atoms with van der Waals surface area (Å²) in [6.07, 6.45) is 13.7. The number of hydrogen-bond donors (Lipinski definition) is 1. The minimum absolute atomic E-state index is 0.118. The Morgan fingerprint density at radius 3 is 2.53 bits per heavy atom. The van der Waals surface area contributed by atoms with E-state index >= 15 is 0 Å². The van der Waals surface area contributed by atoms with Gasteiger partial charge in [0.1, 0.15) is 23.0 Å². The maximum Gasteiger partial charge on any atom is 0.128 e. The first-order valence-corrected chi connectivity index (χ1v) is 14.7. The zero-order valence-electron chi connectivity index (χ0n) is 21.9. The zero-order chi connectivity index (χ0) is 27.1. The van der Waals surface area contributed by atoms with Crippen LogP contribution in [0.15, 0.2) is 47.5 Å². The van der Waals surface area contributed by atoms with Gasteiger partial charge in [-0.3, -0.25) is 8.89 Å². The Balaban J connectivity index is 1.45. The molecular formula is C26H31N9O2S. The number of fused-ring (bicyclic) bond motifs is 1. The summed E-state index contributed by atoms with van der Waals surface area (Å²) in [6.45, 7) is 5.39. The predicted molar refractivity (Wildman–Crippen MR) is 146 cm³/mol. The van der Waals surface area contributed by atoms with Crippen molar-refractivity contribution in [2.24, 2.45) is 4.36 Å². The van der Waals surface area contributed by atoms with Gasteiger partial charge >= 0.3 is 0 Å². The van der Waals surface area contributed by atoms with Crippen LogP contribution >= 0.6 is 0 Å². The summed E-state index contributed by atoms with van der Waals surface area (Å²) in [5.41, 5.74) is 2.91. The van der Waals surface area contributed by atoms with E-state index in [1.165, 1.54) is 6.20 Å². The minimum Gasteiger partial charge on any atom is -0.389 e. The van der Waals surface area contributed by atoms with Gasteiger partial charge < -0.3 is 10.0 Å². The maximum atomic E-state index is 12.0. The SMILES string of the molecule is CC(C)(O)Cn1cc(-c2cn3ncc(C#N)c3c(-c3ccc(N4CCC(N=S(C)(C)=O)CC4)nc3)n2)cn1. The molecule has 0 saturated carbocycles. The fourth-order valence-corrected chi connectivity index (χ4v) is 5.62. The molecule has 0 radical (unpaired) electrons. The molecular weight excluding hydrogens is 502 g/mol. The Kier molecular flexibility index (Phi) is 6.66. The third-order valence-corrected chi connectivity index (χ3v) is 7.11. The van der Waals surface area contributed by atoms with Gasteiger partial charge in [0.25, 0.3) is 0 Å². The largest absolute Gasteiger partial charge is 0.389 e. The number of anilines is 1. The number of aliphatic hydroxyl groups is 1. The smallest absolute Gasteiger partial charge is 0.128 e. The third-order valence-electron chi connectivity index (χ3n) is 6.31. The van der Waals surface area contributed by atoms with E-state index in [-0.39, 0.29) is 6.04 Å². The highest BCUT2D eigenvalue weighted by Gasteiger charge is 2.22. The van der Waals surface area contributed by atoms with Crippen LogP contribution in [0.25, 0.3) is 28.0 Å². The van der Waals surface area contributed by atoms with Crippen molar-refractivity contribution in [3.63, 3.8) is 0 Å². The molecule has 4 aromatic heterocycles. The number of pyridine rings is 1. The van der Waals surface area contributed by atoms with E-state index in [0.29, 0.717) is 29.0 Å². The summed E-state index contributed by atoms with van der Waals surface area (Å²) >= 11 is 0. The van der Waals surface area contributed by atoms with Crippen LogP contribution in [-0.2, 0) is 16.3 Å². The molecule has 0 spiro atoms. The first-order chi connectivity index (χ1) is 18.0. The number of rotatable bonds is 6. The third kappa shape index (κ3) is 5.69. The van der Waals surface area contributed by atoms with Crippen molar-refractivity contribution in [2.75, 3.05) is 30.5 Å². The molecule has 198 valence electrons. The fourth-order valence-electron chi connectivity index (χ4n) is 4.69. The molecule has 0 unspecified atom stereocenters.